The fraction of sp³-hybridized carbons (Fsp3) is 0.846. The molecule has 1 unspecified atom stereocenters. The molecule has 0 aromatic carbocycles. The summed E-state index contributed by atoms with van der Waals surface area (Å²) in [6.07, 6.45) is 2.76. The van der Waals surface area contributed by atoms with Gasteiger partial charge in [0.1, 0.15) is 0 Å². The molecule has 0 aromatic rings. The monoisotopic (exact) mass is 255 g/mol. The molecule has 5 nitrogen and oxygen atoms in total. The van der Waals surface area contributed by atoms with Gasteiger partial charge in [-0.25, -0.2) is 0 Å². The summed E-state index contributed by atoms with van der Waals surface area (Å²) in [6.45, 7) is 7.60. The predicted octanol–water partition coefficient (Wildman–Crippen LogP) is 0.407. The maximum Gasteiger partial charge on any atom is 0.225 e. The van der Waals surface area contributed by atoms with Crippen molar-refractivity contribution in [2.24, 2.45) is 5.41 Å². The summed E-state index contributed by atoms with van der Waals surface area (Å²) >= 11 is 0. The van der Waals surface area contributed by atoms with E-state index in [0.717, 1.165) is 19.4 Å². The molecule has 0 radical (unpaired) electrons. The minimum Gasteiger partial charge on any atom is -0.354 e. The van der Waals surface area contributed by atoms with E-state index in [1.807, 2.05) is 20.8 Å². The number of amides is 2. The van der Waals surface area contributed by atoms with Gasteiger partial charge in [-0.2, -0.15) is 0 Å². The fourth-order valence-electron chi connectivity index (χ4n) is 1.87. The molecule has 0 saturated carbocycles. The van der Waals surface area contributed by atoms with Crippen molar-refractivity contribution in [1.82, 2.24) is 16.0 Å². The van der Waals surface area contributed by atoms with Gasteiger partial charge in [0.05, 0.1) is 0 Å². The first-order valence-corrected chi connectivity index (χ1v) is 6.68. The first kappa shape index (κ1) is 15.0. The Hall–Kier alpha value is -1.10. The van der Waals surface area contributed by atoms with Gasteiger partial charge >= 0.3 is 0 Å². The van der Waals surface area contributed by atoms with E-state index in [1.54, 1.807) is 0 Å². The summed E-state index contributed by atoms with van der Waals surface area (Å²) in [5.41, 5.74) is -0.377. The van der Waals surface area contributed by atoms with E-state index in [9.17, 15) is 9.59 Å². The van der Waals surface area contributed by atoms with E-state index >= 15 is 0 Å². The van der Waals surface area contributed by atoms with Gasteiger partial charge in [0, 0.05) is 31.0 Å². The number of carbonyl (C=O) groups is 2. The van der Waals surface area contributed by atoms with Crippen LogP contribution in [0, 0.1) is 5.41 Å². The van der Waals surface area contributed by atoms with Crippen molar-refractivity contribution >= 4 is 11.8 Å². The first-order chi connectivity index (χ1) is 8.39. The quantitative estimate of drug-likeness (QED) is 0.623. The lowest BCUT2D eigenvalue weighted by Crippen LogP contribution is -2.40. The Morgan fingerprint density at radius 2 is 1.89 bits per heavy atom. The standard InChI is InChI=1S/C13H25N3O2/c1-13(2,3)12(18)16-8-7-15-11(17)9-10-5-4-6-14-10/h10,14H,4-9H2,1-3H3,(H,15,17)(H,16,18). The lowest BCUT2D eigenvalue weighted by atomic mass is 9.96. The van der Waals surface area contributed by atoms with E-state index in [4.69, 9.17) is 0 Å². The lowest BCUT2D eigenvalue weighted by Gasteiger charge is -2.17. The molecule has 1 aliphatic heterocycles. The third-order valence-corrected chi connectivity index (χ3v) is 3.01. The SMILES string of the molecule is CC(C)(C)C(=O)NCCNC(=O)CC1CCCN1. The Labute approximate surface area is 109 Å². The molecule has 2 amide bonds. The lowest BCUT2D eigenvalue weighted by molar-refractivity contribution is -0.128. The van der Waals surface area contributed by atoms with Crippen LogP contribution >= 0.6 is 0 Å². The van der Waals surface area contributed by atoms with Crippen molar-refractivity contribution in [3.63, 3.8) is 0 Å². The van der Waals surface area contributed by atoms with Crippen molar-refractivity contribution in [1.29, 1.82) is 0 Å². The fourth-order valence-corrected chi connectivity index (χ4v) is 1.87. The topological polar surface area (TPSA) is 70.2 Å². The van der Waals surface area contributed by atoms with Crippen LogP contribution in [0.3, 0.4) is 0 Å². The molecule has 1 aliphatic rings. The largest absolute Gasteiger partial charge is 0.354 e. The minimum atomic E-state index is -0.377. The van der Waals surface area contributed by atoms with Gasteiger partial charge in [0.2, 0.25) is 11.8 Å². The summed E-state index contributed by atoms with van der Waals surface area (Å²) in [4.78, 5) is 23.1. The molecule has 1 rings (SSSR count). The molecule has 0 bridgehead atoms. The molecule has 3 N–H and O–H groups in total. The van der Waals surface area contributed by atoms with Gasteiger partial charge in [-0.3, -0.25) is 9.59 Å². The Kier molecular flexibility index (Phi) is 5.59. The molecule has 18 heavy (non-hydrogen) atoms. The van der Waals surface area contributed by atoms with Gasteiger partial charge in [-0.15, -0.1) is 0 Å². The summed E-state index contributed by atoms with van der Waals surface area (Å²) in [5.74, 6) is 0.0635. The van der Waals surface area contributed by atoms with Gasteiger partial charge in [-0.1, -0.05) is 20.8 Å². The van der Waals surface area contributed by atoms with E-state index in [1.165, 1.54) is 0 Å². The van der Waals surface area contributed by atoms with Crippen LogP contribution in [0.5, 0.6) is 0 Å². The Bertz CT molecular complexity index is 291. The molecular weight excluding hydrogens is 230 g/mol. The Balaban J connectivity index is 2.07. The number of carbonyl (C=O) groups excluding carboxylic acids is 2. The van der Waals surface area contributed by atoms with Crippen LogP contribution in [0.15, 0.2) is 0 Å². The van der Waals surface area contributed by atoms with E-state index < -0.39 is 0 Å². The highest BCUT2D eigenvalue weighted by Crippen LogP contribution is 2.11. The number of hydrogen-bond donors (Lipinski definition) is 3. The Morgan fingerprint density at radius 3 is 2.44 bits per heavy atom. The molecule has 5 heteroatoms. The van der Waals surface area contributed by atoms with E-state index in [0.29, 0.717) is 25.6 Å². The molecular formula is C13H25N3O2. The average molecular weight is 255 g/mol. The summed E-state index contributed by atoms with van der Waals surface area (Å²) in [6, 6.07) is 0.328. The molecule has 1 saturated heterocycles. The van der Waals surface area contributed by atoms with Gasteiger partial charge in [-0.05, 0) is 19.4 Å². The van der Waals surface area contributed by atoms with Crippen LogP contribution in [-0.2, 0) is 9.59 Å². The van der Waals surface area contributed by atoms with Crippen LogP contribution in [0.1, 0.15) is 40.0 Å². The van der Waals surface area contributed by atoms with Crippen LogP contribution in [-0.4, -0.2) is 37.5 Å². The van der Waals surface area contributed by atoms with Gasteiger partial charge in [0.15, 0.2) is 0 Å². The normalized spacial score (nSPS) is 19.6. The smallest absolute Gasteiger partial charge is 0.225 e. The van der Waals surface area contributed by atoms with E-state index in [2.05, 4.69) is 16.0 Å². The second-order valence-corrected chi connectivity index (χ2v) is 5.85. The van der Waals surface area contributed by atoms with Crippen LogP contribution in [0.25, 0.3) is 0 Å². The zero-order valence-corrected chi connectivity index (χ0v) is 11.6. The molecule has 1 heterocycles. The van der Waals surface area contributed by atoms with Crippen LogP contribution < -0.4 is 16.0 Å². The molecule has 104 valence electrons. The second kappa shape index (κ2) is 6.73. The number of rotatable bonds is 5. The van der Waals surface area contributed by atoms with Crippen LogP contribution in [0.4, 0.5) is 0 Å². The first-order valence-electron chi connectivity index (χ1n) is 6.68. The average Bonchev–Trinajstić information content (AvgIpc) is 2.75. The molecule has 1 atom stereocenters. The highest BCUT2D eigenvalue weighted by molar-refractivity contribution is 5.81. The molecule has 1 fully saturated rings. The molecule has 0 aliphatic carbocycles. The van der Waals surface area contributed by atoms with Gasteiger partial charge in [0.25, 0.3) is 0 Å². The zero-order valence-electron chi connectivity index (χ0n) is 11.6. The molecule has 0 spiro atoms. The van der Waals surface area contributed by atoms with Crippen molar-refractivity contribution < 1.29 is 9.59 Å². The third kappa shape index (κ3) is 5.49. The summed E-state index contributed by atoms with van der Waals surface area (Å²) in [7, 11) is 0. The summed E-state index contributed by atoms with van der Waals surface area (Å²) in [5, 5.41) is 8.91. The second-order valence-electron chi connectivity index (χ2n) is 5.85. The highest BCUT2D eigenvalue weighted by Gasteiger charge is 2.20. The summed E-state index contributed by atoms with van der Waals surface area (Å²) < 4.78 is 0. The molecule has 0 aromatic heterocycles. The zero-order chi connectivity index (χ0) is 13.6. The number of hydrogen-bond acceptors (Lipinski definition) is 3. The highest BCUT2D eigenvalue weighted by atomic mass is 16.2. The predicted molar refractivity (Wildman–Crippen MR) is 71.1 cm³/mol. The van der Waals surface area contributed by atoms with Crippen molar-refractivity contribution in [2.75, 3.05) is 19.6 Å². The van der Waals surface area contributed by atoms with Gasteiger partial charge < -0.3 is 16.0 Å². The third-order valence-electron chi connectivity index (χ3n) is 3.01. The maximum atomic E-state index is 11.6. The van der Waals surface area contributed by atoms with Crippen molar-refractivity contribution in [3.8, 4) is 0 Å². The van der Waals surface area contributed by atoms with Crippen LogP contribution in [0.2, 0.25) is 0 Å². The van der Waals surface area contributed by atoms with E-state index in [-0.39, 0.29) is 17.2 Å². The number of nitrogens with one attached hydrogen (secondary N) is 3. The minimum absolute atomic E-state index is 0.00853. The van der Waals surface area contributed by atoms with Crippen molar-refractivity contribution in [2.45, 2.75) is 46.1 Å². The Morgan fingerprint density at radius 1 is 1.22 bits per heavy atom. The maximum absolute atomic E-state index is 11.6. The van der Waals surface area contributed by atoms with Crippen molar-refractivity contribution in [3.05, 3.63) is 0 Å².